The molecule has 0 amide bonds. The predicted molar refractivity (Wildman–Crippen MR) is 63.6 cm³/mol. The number of rotatable bonds is 2. The molecule has 0 spiro atoms. The molecule has 2 nitrogen and oxygen atoms in total. The van der Waals surface area contributed by atoms with Crippen molar-refractivity contribution in [1.82, 2.24) is 0 Å². The second kappa shape index (κ2) is 4.39. The molecule has 0 saturated carbocycles. The normalized spacial score (nSPS) is 41.5. The van der Waals surface area contributed by atoms with Gasteiger partial charge in [0, 0.05) is 18.2 Å². The topological polar surface area (TPSA) is 21.1 Å². The number of hydrogen-bond acceptors (Lipinski definition) is 1. The smallest absolute Gasteiger partial charge is 0.275 e. The summed E-state index contributed by atoms with van der Waals surface area (Å²) in [7, 11) is 0. The molecule has 2 aliphatic rings. The van der Waals surface area contributed by atoms with Crippen molar-refractivity contribution in [3.63, 3.8) is 0 Å². The molecule has 2 fully saturated rings. The molecule has 0 aliphatic carbocycles. The highest BCUT2D eigenvalue weighted by atomic mass is 79.9. The molecule has 2 atom stereocenters. The van der Waals surface area contributed by atoms with Crippen LogP contribution in [-0.4, -0.2) is 34.1 Å². The van der Waals surface area contributed by atoms with Gasteiger partial charge in [-0.05, 0) is 11.8 Å². The zero-order valence-corrected chi connectivity index (χ0v) is 11.6. The third-order valence-electron chi connectivity index (χ3n) is 2.84. The van der Waals surface area contributed by atoms with E-state index < -0.39 is 0 Å². The third-order valence-corrected chi connectivity index (χ3v) is 6.99. The number of alkyl halides is 2. The molecule has 2 rings (SSSR count). The Labute approximate surface area is 100 Å². The molecule has 0 aromatic carbocycles. The lowest BCUT2D eigenvalue weighted by Gasteiger charge is -2.24. The first-order chi connectivity index (χ1) is 6.24. The van der Waals surface area contributed by atoms with E-state index in [0.29, 0.717) is 0 Å². The van der Waals surface area contributed by atoms with Crippen LogP contribution >= 0.6 is 43.6 Å². The number of halogens is 2. The summed E-state index contributed by atoms with van der Waals surface area (Å²) < 4.78 is 0.238. The Morgan fingerprint density at radius 2 is 2.15 bits per heavy atom. The first-order valence-corrected chi connectivity index (χ1v) is 7.66. The summed E-state index contributed by atoms with van der Waals surface area (Å²) in [5.74, 6) is 0. The van der Waals surface area contributed by atoms with Crippen LogP contribution in [-0.2, 0) is 0 Å². The summed E-state index contributed by atoms with van der Waals surface area (Å²) in [5.41, 5.74) is 0. The van der Waals surface area contributed by atoms with Gasteiger partial charge in [-0.25, -0.2) is 0 Å². The van der Waals surface area contributed by atoms with Gasteiger partial charge in [-0.2, -0.15) is 0 Å². The minimum absolute atomic E-state index is 0.238. The lowest BCUT2D eigenvalue weighted by molar-refractivity contribution is -1.02. The lowest BCUT2D eigenvalue weighted by atomic mass is 10.4. The van der Waals surface area contributed by atoms with E-state index in [0.717, 1.165) is 10.6 Å². The molecule has 2 saturated heterocycles. The Morgan fingerprint density at radius 3 is 2.69 bits per heavy atom. The zero-order valence-electron chi connectivity index (χ0n) is 7.56. The number of nitrogens with one attached hydrogen (secondary N) is 1. The lowest BCUT2D eigenvalue weighted by Crippen LogP contribution is -3.28. The summed E-state index contributed by atoms with van der Waals surface area (Å²) in [5, 5.41) is 4.35. The molecule has 2 aliphatic heterocycles. The fourth-order valence-corrected chi connectivity index (χ4v) is 5.43. The van der Waals surface area contributed by atoms with E-state index in [2.05, 4.69) is 48.9 Å². The van der Waals surface area contributed by atoms with E-state index in [1.807, 2.05) is 0 Å². The van der Waals surface area contributed by atoms with E-state index in [9.17, 15) is 0 Å². The number of nitrogens with two attached hydrogens (primary N) is 1. The zero-order chi connectivity index (χ0) is 9.31. The molecule has 0 bridgehead atoms. The summed E-state index contributed by atoms with van der Waals surface area (Å²) in [6, 6.07) is 0. The molecule has 3 N–H and O–H groups in total. The molecule has 0 unspecified atom stereocenters. The molecule has 13 heavy (non-hydrogen) atoms. The SMILES string of the molecule is BrC[C@H]1C[NH2+][C@](Br)([NH+]2CCCC2)S1. The highest BCUT2D eigenvalue weighted by Gasteiger charge is 2.50. The van der Waals surface area contributed by atoms with E-state index >= 15 is 0 Å². The second-order valence-corrected chi connectivity index (χ2v) is 7.76. The molecular formula is C8H16Br2N2S+2. The molecule has 5 heteroatoms. The van der Waals surface area contributed by atoms with Crippen molar-refractivity contribution in [2.45, 2.75) is 22.0 Å². The molecule has 2 heterocycles. The molecule has 0 radical (unpaired) electrons. The Balaban J connectivity index is 1.96. The number of hydrogen-bond donors (Lipinski definition) is 2. The van der Waals surface area contributed by atoms with E-state index in [-0.39, 0.29) is 3.90 Å². The predicted octanol–water partition coefficient (Wildman–Crippen LogP) is -0.255. The maximum atomic E-state index is 3.90. The Morgan fingerprint density at radius 1 is 1.46 bits per heavy atom. The standard InChI is InChI=1S/C8H14Br2N2S/c9-5-7-6-11-8(10,13-7)12-3-1-2-4-12/h7,11H,1-6H2/p+2/t7-,8+/m0/s1. The first-order valence-electron chi connectivity index (χ1n) is 4.87. The average molecular weight is 332 g/mol. The van der Waals surface area contributed by atoms with Crippen LogP contribution in [0, 0.1) is 0 Å². The summed E-state index contributed by atoms with van der Waals surface area (Å²) in [6.45, 7) is 3.91. The van der Waals surface area contributed by atoms with E-state index in [1.54, 1.807) is 4.90 Å². The van der Waals surface area contributed by atoms with Gasteiger partial charge < -0.3 is 0 Å². The Hall–Kier alpha value is 1.23. The number of thioether (sulfide) groups is 1. The Kier molecular flexibility index (Phi) is 3.63. The summed E-state index contributed by atoms with van der Waals surface area (Å²) in [6.07, 6.45) is 2.80. The molecular weight excluding hydrogens is 316 g/mol. The van der Waals surface area contributed by atoms with Crippen LogP contribution in [0.4, 0.5) is 0 Å². The van der Waals surface area contributed by atoms with E-state index in [1.165, 1.54) is 32.5 Å². The van der Waals surface area contributed by atoms with Gasteiger partial charge in [0.25, 0.3) is 0 Å². The Bertz CT molecular complexity index is 187. The van der Waals surface area contributed by atoms with Crippen molar-refractivity contribution in [2.24, 2.45) is 0 Å². The van der Waals surface area contributed by atoms with Gasteiger partial charge in [0.1, 0.15) is 0 Å². The van der Waals surface area contributed by atoms with Crippen molar-refractivity contribution in [3.05, 3.63) is 0 Å². The molecule has 0 aromatic rings. The van der Waals surface area contributed by atoms with Gasteiger partial charge in [0.15, 0.2) is 0 Å². The van der Waals surface area contributed by atoms with Crippen LogP contribution in [0.5, 0.6) is 0 Å². The van der Waals surface area contributed by atoms with Crippen LogP contribution in [0.25, 0.3) is 0 Å². The van der Waals surface area contributed by atoms with Gasteiger partial charge >= 0.3 is 3.90 Å². The number of quaternary nitrogens is 2. The fraction of sp³-hybridized carbons (Fsp3) is 1.00. The van der Waals surface area contributed by atoms with Gasteiger partial charge in [-0.15, -0.1) is 0 Å². The van der Waals surface area contributed by atoms with Gasteiger partial charge in [0.05, 0.1) is 40.8 Å². The highest BCUT2D eigenvalue weighted by molar-refractivity contribution is 9.11. The fourth-order valence-electron chi connectivity index (χ4n) is 2.09. The molecule has 76 valence electrons. The van der Waals surface area contributed by atoms with Crippen molar-refractivity contribution in [1.29, 1.82) is 0 Å². The van der Waals surface area contributed by atoms with Crippen molar-refractivity contribution >= 4 is 43.6 Å². The van der Waals surface area contributed by atoms with Gasteiger partial charge in [0.2, 0.25) is 0 Å². The quantitative estimate of drug-likeness (QED) is 0.528. The van der Waals surface area contributed by atoms with Gasteiger partial charge in [-0.3, -0.25) is 10.2 Å². The maximum Gasteiger partial charge on any atom is 0.325 e. The maximum absolute atomic E-state index is 3.90. The second-order valence-electron chi connectivity index (χ2n) is 3.79. The minimum Gasteiger partial charge on any atom is -0.275 e. The third kappa shape index (κ3) is 2.25. The van der Waals surface area contributed by atoms with Crippen LogP contribution in [0.1, 0.15) is 12.8 Å². The van der Waals surface area contributed by atoms with Gasteiger partial charge in [-0.1, -0.05) is 15.9 Å². The minimum atomic E-state index is 0.238. The monoisotopic (exact) mass is 330 g/mol. The van der Waals surface area contributed by atoms with Crippen LogP contribution in [0.15, 0.2) is 0 Å². The molecule has 0 aromatic heterocycles. The van der Waals surface area contributed by atoms with Crippen LogP contribution in [0.3, 0.4) is 0 Å². The summed E-state index contributed by atoms with van der Waals surface area (Å²) in [4.78, 5) is 1.72. The highest BCUT2D eigenvalue weighted by Crippen LogP contribution is 2.29. The average Bonchev–Trinajstić information content (AvgIpc) is 2.72. The first kappa shape index (κ1) is 10.7. The summed E-state index contributed by atoms with van der Waals surface area (Å²) >= 11 is 9.56. The van der Waals surface area contributed by atoms with E-state index in [4.69, 9.17) is 0 Å². The van der Waals surface area contributed by atoms with Crippen LogP contribution in [0.2, 0.25) is 0 Å². The van der Waals surface area contributed by atoms with Crippen LogP contribution < -0.4 is 10.2 Å². The van der Waals surface area contributed by atoms with Crippen molar-refractivity contribution in [3.8, 4) is 0 Å². The number of likely N-dealkylation sites (tertiary alicyclic amines) is 1. The van der Waals surface area contributed by atoms with Crippen molar-refractivity contribution < 1.29 is 10.2 Å². The largest absolute Gasteiger partial charge is 0.325 e. The van der Waals surface area contributed by atoms with Crippen molar-refractivity contribution in [2.75, 3.05) is 25.0 Å².